The van der Waals surface area contributed by atoms with Crippen molar-refractivity contribution in [1.82, 2.24) is 10.6 Å². The lowest BCUT2D eigenvalue weighted by Crippen LogP contribution is -2.43. The fourth-order valence-electron chi connectivity index (χ4n) is 2.50. The van der Waals surface area contributed by atoms with Crippen molar-refractivity contribution in [3.63, 3.8) is 0 Å². The highest BCUT2D eigenvalue weighted by molar-refractivity contribution is 5.87. The number of benzene rings is 2. The van der Waals surface area contributed by atoms with Crippen LogP contribution in [0.2, 0.25) is 0 Å². The summed E-state index contributed by atoms with van der Waals surface area (Å²) in [6.07, 6.45) is 1.02. The number of hydrogen-bond donors (Lipinski definition) is 2. The molecule has 0 heterocycles. The Balaban J connectivity index is 2.12. The van der Waals surface area contributed by atoms with Gasteiger partial charge in [0.1, 0.15) is 0 Å². The molecule has 0 aliphatic carbocycles. The number of hydrogen-bond acceptors (Lipinski definition) is 2. The molecule has 0 spiro atoms. The topological polar surface area (TPSA) is 41.1 Å². The molecule has 0 radical (unpaired) electrons. The van der Waals surface area contributed by atoms with E-state index in [0.717, 1.165) is 18.5 Å². The van der Waals surface area contributed by atoms with Crippen LogP contribution in [0.3, 0.4) is 0 Å². The minimum atomic E-state index is -0.164. The Hall–Kier alpha value is -1.87. The van der Waals surface area contributed by atoms with Crippen LogP contribution in [0.5, 0.6) is 0 Å². The normalized spacial score (nSPS) is 13.9. The number of amides is 1. The lowest BCUT2D eigenvalue weighted by molar-refractivity contribution is -0.123. The average Bonchev–Trinajstić information content (AvgIpc) is 2.51. The minimum Gasteiger partial charge on any atom is -0.348 e. The van der Waals surface area contributed by atoms with Gasteiger partial charge in [-0.2, -0.15) is 0 Å². The molecule has 1 amide bonds. The maximum atomic E-state index is 12.2. The number of carbonyl (C=O) groups is 1. The zero-order valence-electron chi connectivity index (χ0n) is 13.0. The summed E-state index contributed by atoms with van der Waals surface area (Å²) < 4.78 is 0. The molecule has 0 aromatic heterocycles. The predicted molar refractivity (Wildman–Crippen MR) is 88.3 cm³/mol. The molecule has 2 rings (SSSR count). The first kappa shape index (κ1) is 15.5. The van der Waals surface area contributed by atoms with Crippen LogP contribution in [0.4, 0.5) is 0 Å². The molecule has 3 nitrogen and oxygen atoms in total. The molecular formula is C18H24N2O. The summed E-state index contributed by atoms with van der Waals surface area (Å²) in [5, 5.41) is 8.71. The fraction of sp³-hybridized carbons (Fsp3) is 0.389. The van der Waals surface area contributed by atoms with E-state index in [0.29, 0.717) is 0 Å². The molecule has 2 atom stereocenters. The zero-order valence-corrected chi connectivity index (χ0v) is 13.0. The lowest BCUT2D eigenvalue weighted by Gasteiger charge is -2.20. The van der Waals surface area contributed by atoms with Crippen LogP contribution in [0.25, 0.3) is 10.8 Å². The molecule has 2 aromatic rings. The second kappa shape index (κ2) is 7.23. The summed E-state index contributed by atoms with van der Waals surface area (Å²) in [5.41, 5.74) is 1.16. The van der Waals surface area contributed by atoms with Crippen molar-refractivity contribution in [2.75, 3.05) is 6.54 Å². The van der Waals surface area contributed by atoms with Crippen molar-refractivity contribution in [2.24, 2.45) is 0 Å². The van der Waals surface area contributed by atoms with Gasteiger partial charge in [0.2, 0.25) is 5.91 Å². The second-order valence-electron chi connectivity index (χ2n) is 5.47. The van der Waals surface area contributed by atoms with Gasteiger partial charge < -0.3 is 10.6 Å². The Morgan fingerprint density at radius 3 is 2.57 bits per heavy atom. The van der Waals surface area contributed by atoms with E-state index in [1.54, 1.807) is 0 Å². The molecular weight excluding hydrogens is 260 g/mol. The minimum absolute atomic E-state index is 0.00511. The fourth-order valence-corrected chi connectivity index (χ4v) is 2.50. The van der Waals surface area contributed by atoms with Crippen molar-refractivity contribution >= 4 is 16.7 Å². The molecule has 0 aliphatic heterocycles. The maximum Gasteiger partial charge on any atom is 0.237 e. The highest BCUT2D eigenvalue weighted by Gasteiger charge is 2.16. The molecule has 0 bridgehead atoms. The van der Waals surface area contributed by atoms with Gasteiger partial charge in [0.05, 0.1) is 12.1 Å². The summed E-state index contributed by atoms with van der Waals surface area (Å²) in [6.45, 7) is 6.89. The molecule has 2 N–H and O–H groups in total. The largest absolute Gasteiger partial charge is 0.348 e. The number of carbonyl (C=O) groups excluding carboxylic acids is 1. The highest BCUT2D eigenvalue weighted by atomic mass is 16.2. The molecule has 21 heavy (non-hydrogen) atoms. The lowest BCUT2D eigenvalue weighted by atomic mass is 9.99. The second-order valence-corrected chi connectivity index (χ2v) is 5.47. The summed E-state index contributed by atoms with van der Waals surface area (Å²) in [6, 6.07) is 14.3. The SMILES string of the molecule is CCCNC(C)C(=O)NC(C)c1cccc2ccccc12. The van der Waals surface area contributed by atoms with Crippen LogP contribution >= 0.6 is 0 Å². The zero-order chi connectivity index (χ0) is 15.2. The Kier molecular flexibility index (Phi) is 5.34. The van der Waals surface area contributed by atoms with Crippen molar-refractivity contribution < 1.29 is 4.79 Å². The molecule has 0 fully saturated rings. The quantitative estimate of drug-likeness (QED) is 0.853. The first-order valence-corrected chi connectivity index (χ1v) is 7.65. The van der Waals surface area contributed by atoms with Gasteiger partial charge in [-0.15, -0.1) is 0 Å². The van der Waals surface area contributed by atoms with E-state index < -0.39 is 0 Å². The third kappa shape index (κ3) is 3.82. The van der Waals surface area contributed by atoms with E-state index in [9.17, 15) is 4.79 Å². The van der Waals surface area contributed by atoms with Crippen molar-refractivity contribution in [2.45, 2.75) is 39.3 Å². The van der Waals surface area contributed by atoms with Gasteiger partial charge >= 0.3 is 0 Å². The smallest absolute Gasteiger partial charge is 0.237 e. The standard InChI is InChI=1S/C18H24N2O/c1-4-12-19-14(3)18(21)20-13(2)16-11-7-9-15-8-5-6-10-17(15)16/h5-11,13-14,19H,4,12H2,1-3H3,(H,20,21). The van der Waals surface area contributed by atoms with Gasteiger partial charge in [-0.3, -0.25) is 4.79 Å². The monoisotopic (exact) mass is 284 g/mol. The van der Waals surface area contributed by atoms with Crippen LogP contribution in [0.15, 0.2) is 42.5 Å². The van der Waals surface area contributed by atoms with Gasteiger partial charge in [0, 0.05) is 0 Å². The van der Waals surface area contributed by atoms with E-state index in [4.69, 9.17) is 0 Å². The van der Waals surface area contributed by atoms with E-state index in [-0.39, 0.29) is 18.0 Å². The summed E-state index contributed by atoms with van der Waals surface area (Å²) in [7, 11) is 0. The number of fused-ring (bicyclic) bond motifs is 1. The summed E-state index contributed by atoms with van der Waals surface area (Å²) in [4.78, 5) is 12.2. The number of rotatable bonds is 6. The van der Waals surface area contributed by atoms with Gasteiger partial charge in [-0.25, -0.2) is 0 Å². The first-order valence-electron chi connectivity index (χ1n) is 7.65. The average molecular weight is 284 g/mol. The van der Waals surface area contributed by atoms with Crippen LogP contribution in [-0.4, -0.2) is 18.5 Å². The molecule has 0 aliphatic rings. The van der Waals surface area contributed by atoms with Crippen LogP contribution < -0.4 is 10.6 Å². The summed E-state index contributed by atoms with van der Waals surface area (Å²) >= 11 is 0. The first-order chi connectivity index (χ1) is 10.1. The van der Waals surface area contributed by atoms with Gasteiger partial charge in [-0.05, 0) is 43.1 Å². The van der Waals surface area contributed by atoms with Gasteiger partial charge in [0.25, 0.3) is 0 Å². The molecule has 0 saturated carbocycles. The van der Waals surface area contributed by atoms with E-state index >= 15 is 0 Å². The van der Waals surface area contributed by atoms with E-state index in [1.165, 1.54) is 10.8 Å². The van der Waals surface area contributed by atoms with Crippen LogP contribution in [0.1, 0.15) is 38.8 Å². The summed E-state index contributed by atoms with van der Waals surface area (Å²) in [5.74, 6) is 0.0453. The van der Waals surface area contributed by atoms with Gasteiger partial charge in [0.15, 0.2) is 0 Å². The van der Waals surface area contributed by atoms with Crippen molar-refractivity contribution in [3.8, 4) is 0 Å². The molecule has 112 valence electrons. The van der Waals surface area contributed by atoms with Crippen LogP contribution in [0, 0.1) is 0 Å². The molecule has 0 saturated heterocycles. The molecule has 2 unspecified atom stereocenters. The van der Waals surface area contributed by atoms with E-state index in [1.807, 2.05) is 32.0 Å². The van der Waals surface area contributed by atoms with Crippen molar-refractivity contribution in [3.05, 3.63) is 48.0 Å². The Labute approximate surface area is 126 Å². The Bertz CT molecular complexity index is 604. The van der Waals surface area contributed by atoms with Crippen LogP contribution in [-0.2, 0) is 4.79 Å². The highest BCUT2D eigenvalue weighted by Crippen LogP contribution is 2.23. The number of nitrogens with one attached hydrogen (secondary N) is 2. The third-order valence-corrected chi connectivity index (χ3v) is 3.74. The van der Waals surface area contributed by atoms with Gasteiger partial charge in [-0.1, -0.05) is 49.4 Å². The van der Waals surface area contributed by atoms with E-state index in [2.05, 4.69) is 41.8 Å². The maximum absolute atomic E-state index is 12.2. The Morgan fingerprint density at radius 1 is 1.10 bits per heavy atom. The predicted octanol–water partition coefficient (Wildman–Crippen LogP) is 3.41. The van der Waals surface area contributed by atoms with Crippen molar-refractivity contribution in [1.29, 1.82) is 0 Å². The molecule has 3 heteroatoms. The Morgan fingerprint density at radius 2 is 1.81 bits per heavy atom. The third-order valence-electron chi connectivity index (χ3n) is 3.74. The molecule has 2 aromatic carbocycles.